The van der Waals surface area contributed by atoms with Crippen LogP contribution in [0.15, 0.2) is 24.3 Å². The van der Waals surface area contributed by atoms with Crippen LogP contribution >= 0.6 is 0 Å². The number of aliphatic hydroxyl groups excluding tert-OH is 1. The van der Waals surface area contributed by atoms with Crippen LogP contribution in [0.3, 0.4) is 0 Å². The van der Waals surface area contributed by atoms with Crippen LogP contribution in [0.2, 0.25) is 0 Å². The maximum Gasteiger partial charge on any atom is 0.422 e. The van der Waals surface area contributed by atoms with Gasteiger partial charge >= 0.3 is 12.2 Å². The molecule has 1 saturated heterocycles. The summed E-state index contributed by atoms with van der Waals surface area (Å²) >= 11 is 0. The molecule has 0 aliphatic carbocycles. The minimum absolute atomic E-state index is 0.0682. The zero-order chi connectivity index (χ0) is 17.7. The molecule has 1 heterocycles. The van der Waals surface area contributed by atoms with E-state index in [1.807, 2.05) is 0 Å². The fraction of sp³-hybridized carbons (Fsp3) is 0.562. The highest BCUT2D eigenvalue weighted by atomic mass is 19.4. The van der Waals surface area contributed by atoms with Crippen LogP contribution in [0.1, 0.15) is 24.9 Å². The second-order valence-electron chi connectivity index (χ2n) is 5.93. The van der Waals surface area contributed by atoms with E-state index >= 15 is 0 Å². The number of alkyl halides is 3. The lowest BCUT2D eigenvalue weighted by molar-refractivity contribution is -0.153. The molecular formula is C16H21F3N2O3. The first-order chi connectivity index (χ1) is 11.3. The molecule has 2 amide bonds. The van der Waals surface area contributed by atoms with Gasteiger partial charge in [0, 0.05) is 25.6 Å². The molecule has 2 unspecified atom stereocenters. The molecule has 5 nitrogen and oxygen atoms in total. The number of nitrogens with one attached hydrogen (secondary N) is 1. The summed E-state index contributed by atoms with van der Waals surface area (Å²) in [4.78, 5) is 13.8. The molecule has 0 bridgehead atoms. The van der Waals surface area contributed by atoms with Crippen LogP contribution in [-0.4, -0.2) is 48.5 Å². The summed E-state index contributed by atoms with van der Waals surface area (Å²) in [5, 5.41) is 11.9. The van der Waals surface area contributed by atoms with Crippen molar-refractivity contribution in [1.82, 2.24) is 10.2 Å². The molecule has 0 aromatic heterocycles. The number of benzene rings is 1. The van der Waals surface area contributed by atoms with Crippen molar-refractivity contribution in [3.05, 3.63) is 29.8 Å². The van der Waals surface area contributed by atoms with E-state index in [1.165, 1.54) is 12.1 Å². The maximum absolute atomic E-state index is 12.2. The third-order valence-corrected chi connectivity index (χ3v) is 3.95. The van der Waals surface area contributed by atoms with Gasteiger partial charge < -0.3 is 20.1 Å². The van der Waals surface area contributed by atoms with Gasteiger partial charge in [-0.05, 0) is 31.0 Å². The largest absolute Gasteiger partial charge is 0.484 e. The van der Waals surface area contributed by atoms with E-state index in [4.69, 9.17) is 5.11 Å². The third kappa shape index (κ3) is 5.30. The topological polar surface area (TPSA) is 61.8 Å². The van der Waals surface area contributed by atoms with Crippen molar-refractivity contribution in [3.63, 3.8) is 0 Å². The van der Waals surface area contributed by atoms with Gasteiger partial charge in [0.1, 0.15) is 5.75 Å². The summed E-state index contributed by atoms with van der Waals surface area (Å²) in [5.41, 5.74) is 0.764. The van der Waals surface area contributed by atoms with E-state index in [1.54, 1.807) is 24.0 Å². The van der Waals surface area contributed by atoms with Gasteiger partial charge in [0.15, 0.2) is 6.61 Å². The summed E-state index contributed by atoms with van der Waals surface area (Å²) in [6.07, 6.45) is -3.59. The van der Waals surface area contributed by atoms with Gasteiger partial charge in [-0.25, -0.2) is 4.79 Å². The molecule has 2 N–H and O–H groups in total. The minimum Gasteiger partial charge on any atom is -0.484 e. The van der Waals surface area contributed by atoms with Gasteiger partial charge in [0.25, 0.3) is 0 Å². The lowest BCUT2D eigenvalue weighted by Gasteiger charge is -2.21. The zero-order valence-corrected chi connectivity index (χ0v) is 13.3. The smallest absolute Gasteiger partial charge is 0.422 e. The van der Waals surface area contributed by atoms with Gasteiger partial charge in [-0.3, -0.25) is 0 Å². The lowest BCUT2D eigenvalue weighted by atomic mass is 10.1. The number of amides is 2. The van der Waals surface area contributed by atoms with Crippen molar-refractivity contribution >= 4 is 6.03 Å². The van der Waals surface area contributed by atoms with E-state index in [9.17, 15) is 18.0 Å². The first kappa shape index (κ1) is 18.4. The number of nitrogens with zero attached hydrogens (tertiary/aromatic N) is 1. The molecule has 2 rings (SSSR count). The van der Waals surface area contributed by atoms with Gasteiger partial charge in [-0.1, -0.05) is 12.1 Å². The van der Waals surface area contributed by atoms with E-state index in [0.717, 1.165) is 12.0 Å². The average molecular weight is 346 g/mol. The number of likely N-dealkylation sites (tertiary alicyclic amines) is 1. The fourth-order valence-electron chi connectivity index (χ4n) is 2.54. The zero-order valence-electron chi connectivity index (χ0n) is 13.3. The second-order valence-corrected chi connectivity index (χ2v) is 5.93. The molecule has 2 atom stereocenters. The van der Waals surface area contributed by atoms with Crippen molar-refractivity contribution in [2.75, 3.05) is 26.3 Å². The quantitative estimate of drug-likeness (QED) is 0.862. The Bertz CT molecular complexity index is 548. The molecule has 0 saturated carbocycles. The van der Waals surface area contributed by atoms with Crippen molar-refractivity contribution < 1.29 is 27.8 Å². The molecule has 134 valence electrons. The molecule has 1 aromatic rings. The Morgan fingerprint density at radius 1 is 1.42 bits per heavy atom. The number of hydrogen-bond donors (Lipinski definition) is 2. The van der Waals surface area contributed by atoms with Crippen molar-refractivity contribution in [2.45, 2.75) is 25.6 Å². The lowest BCUT2D eigenvalue weighted by Crippen LogP contribution is -2.39. The van der Waals surface area contributed by atoms with Gasteiger partial charge in [0.2, 0.25) is 0 Å². The van der Waals surface area contributed by atoms with Crippen LogP contribution < -0.4 is 10.1 Å². The van der Waals surface area contributed by atoms with E-state index in [0.29, 0.717) is 13.1 Å². The van der Waals surface area contributed by atoms with Crippen LogP contribution in [0.25, 0.3) is 0 Å². The number of urea groups is 1. The van der Waals surface area contributed by atoms with Gasteiger partial charge in [-0.15, -0.1) is 0 Å². The van der Waals surface area contributed by atoms with Crippen molar-refractivity contribution in [2.24, 2.45) is 5.92 Å². The van der Waals surface area contributed by atoms with Crippen LogP contribution in [0.4, 0.5) is 18.0 Å². The highest BCUT2D eigenvalue weighted by Gasteiger charge is 2.28. The predicted molar refractivity (Wildman–Crippen MR) is 81.7 cm³/mol. The summed E-state index contributed by atoms with van der Waals surface area (Å²) in [5.74, 6) is 0.246. The molecule has 24 heavy (non-hydrogen) atoms. The highest BCUT2D eigenvalue weighted by molar-refractivity contribution is 5.75. The Labute approximate surface area is 138 Å². The number of carbonyl (C=O) groups is 1. The standard InChI is InChI=1S/C16H21F3N2O3/c1-11(20-15(23)21-7-6-12(8-21)9-22)13-2-4-14(5-3-13)24-10-16(17,18)19/h2-5,11-12,22H,6-10H2,1H3,(H,20,23). The molecule has 0 radical (unpaired) electrons. The van der Waals surface area contributed by atoms with E-state index in [2.05, 4.69) is 10.1 Å². The average Bonchev–Trinajstić information content (AvgIpc) is 3.02. The van der Waals surface area contributed by atoms with Gasteiger partial charge in [0.05, 0.1) is 6.04 Å². The van der Waals surface area contributed by atoms with Gasteiger partial charge in [-0.2, -0.15) is 13.2 Å². The molecule has 1 aliphatic rings. The number of aliphatic hydroxyl groups is 1. The van der Waals surface area contributed by atoms with Crippen LogP contribution in [-0.2, 0) is 0 Å². The molecule has 1 fully saturated rings. The monoisotopic (exact) mass is 346 g/mol. The molecule has 8 heteroatoms. The van der Waals surface area contributed by atoms with Crippen molar-refractivity contribution in [1.29, 1.82) is 0 Å². The molecule has 1 aromatic carbocycles. The molecule has 1 aliphatic heterocycles. The number of carbonyl (C=O) groups excluding carboxylic acids is 1. The third-order valence-electron chi connectivity index (χ3n) is 3.95. The Hall–Kier alpha value is -1.96. The molecular weight excluding hydrogens is 325 g/mol. The predicted octanol–water partition coefficient (Wildman–Crippen LogP) is 2.71. The summed E-state index contributed by atoms with van der Waals surface area (Å²) < 4.78 is 40.9. The maximum atomic E-state index is 12.2. The first-order valence-corrected chi connectivity index (χ1v) is 7.74. The molecule has 0 spiro atoms. The first-order valence-electron chi connectivity index (χ1n) is 7.74. The summed E-state index contributed by atoms with van der Waals surface area (Å²) in [7, 11) is 0. The number of rotatable bonds is 5. The second kappa shape index (κ2) is 7.74. The Kier molecular flexibility index (Phi) is 5.93. The van der Waals surface area contributed by atoms with E-state index < -0.39 is 12.8 Å². The normalized spacial score (nSPS) is 19.2. The Balaban J connectivity index is 1.86. The summed E-state index contributed by atoms with van der Waals surface area (Å²) in [6, 6.07) is 5.63. The summed E-state index contributed by atoms with van der Waals surface area (Å²) in [6.45, 7) is 1.66. The van der Waals surface area contributed by atoms with Crippen molar-refractivity contribution in [3.8, 4) is 5.75 Å². The fourth-order valence-corrected chi connectivity index (χ4v) is 2.54. The van der Waals surface area contributed by atoms with Crippen LogP contribution in [0, 0.1) is 5.92 Å². The number of ether oxygens (including phenoxy) is 1. The Morgan fingerprint density at radius 2 is 2.08 bits per heavy atom. The number of halogens is 3. The Morgan fingerprint density at radius 3 is 2.62 bits per heavy atom. The highest BCUT2D eigenvalue weighted by Crippen LogP contribution is 2.22. The van der Waals surface area contributed by atoms with E-state index in [-0.39, 0.29) is 30.3 Å². The number of hydrogen-bond acceptors (Lipinski definition) is 3. The minimum atomic E-state index is -4.37. The SMILES string of the molecule is CC(NC(=O)N1CCC(CO)C1)c1ccc(OCC(F)(F)F)cc1. The van der Waals surface area contributed by atoms with Crippen LogP contribution in [0.5, 0.6) is 5.75 Å².